The van der Waals surface area contributed by atoms with Crippen molar-refractivity contribution in [2.24, 2.45) is 5.73 Å². The second-order valence-corrected chi connectivity index (χ2v) is 6.06. The van der Waals surface area contributed by atoms with E-state index >= 15 is 0 Å². The Morgan fingerprint density at radius 1 is 1.44 bits per heavy atom. The Morgan fingerprint density at radius 3 is 2.89 bits per heavy atom. The molecule has 0 bridgehead atoms. The van der Waals surface area contributed by atoms with Crippen LogP contribution in [0.3, 0.4) is 0 Å². The topological polar surface area (TPSA) is 98.0 Å². The van der Waals surface area contributed by atoms with Crippen LogP contribution >= 0.6 is 11.7 Å². The van der Waals surface area contributed by atoms with Crippen LogP contribution in [0.2, 0.25) is 0 Å². The number of hydrogen-bond donors (Lipinski definition) is 2. The van der Waals surface area contributed by atoms with Gasteiger partial charge in [-0.15, -0.1) is 0 Å². The fourth-order valence-corrected chi connectivity index (χ4v) is 3.68. The minimum Gasteiger partial charge on any atom is -0.329 e. The van der Waals surface area contributed by atoms with Gasteiger partial charge in [-0.1, -0.05) is 13.0 Å². The third kappa shape index (κ3) is 2.51. The highest BCUT2D eigenvalue weighted by Gasteiger charge is 2.22. The van der Waals surface area contributed by atoms with Gasteiger partial charge in [-0.3, -0.25) is 0 Å². The predicted molar refractivity (Wildman–Crippen MR) is 70.9 cm³/mol. The molecule has 0 saturated carbocycles. The molecule has 0 fully saturated rings. The zero-order chi connectivity index (χ0) is 13.2. The highest BCUT2D eigenvalue weighted by molar-refractivity contribution is 7.89. The van der Waals surface area contributed by atoms with Crippen LogP contribution in [0, 0.1) is 0 Å². The third-order valence-corrected chi connectivity index (χ3v) is 4.73. The number of fused-ring (bicyclic) bond motifs is 1. The average molecular weight is 286 g/mol. The number of benzene rings is 1. The van der Waals surface area contributed by atoms with Gasteiger partial charge < -0.3 is 5.73 Å². The lowest BCUT2D eigenvalue weighted by Crippen LogP contribution is -2.39. The van der Waals surface area contributed by atoms with Crippen molar-refractivity contribution in [1.29, 1.82) is 0 Å². The number of aromatic nitrogens is 2. The second kappa shape index (κ2) is 5.27. The molecule has 1 unspecified atom stereocenters. The summed E-state index contributed by atoms with van der Waals surface area (Å²) >= 11 is 0.997. The van der Waals surface area contributed by atoms with E-state index in [4.69, 9.17) is 5.73 Å². The molecular formula is C10H14N4O2S2. The first kappa shape index (κ1) is 13.3. The molecule has 0 aliphatic carbocycles. The van der Waals surface area contributed by atoms with Gasteiger partial charge in [0.25, 0.3) is 0 Å². The van der Waals surface area contributed by atoms with E-state index in [0.29, 0.717) is 17.5 Å². The molecule has 0 aliphatic rings. The first-order chi connectivity index (χ1) is 8.58. The van der Waals surface area contributed by atoms with Gasteiger partial charge in [0.1, 0.15) is 15.9 Å². The largest absolute Gasteiger partial charge is 0.329 e. The summed E-state index contributed by atoms with van der Waals surface area (Å²) in [5.41, 5.74) is 6.50. The van der Waals surface area contributed by atoms with Crippen molar-refractivity contribution in [3.8, 4) is 0 Å². The van der Waals surface area contributed by atoms with Gasteiger partial charge in [0, 0.05) is 12.6 Å². The normalized spacial score (nSPS) is 13.9. The van der Waals surface area contributed by atoms with E-state index in [1.54, 1.807) is 12.1 Å². The lowest BCUT2D eigenvalue weighted by atomic mass is 10.2. The summed E-state index contributed by atoms with van der Waals surface area (Å²) in [5.74, 6) is 0. The van der Waals surface area contributed by atoms with Crippen molar-refractivity contribution < 1.29 is 8.42 Å². The van der Waals surface area contributed by atoms with Crippen molar-refractivity contribution in [2.75, 3.05) is 6.54 Å². The highest BCUT2D eigenvalue weighted by atomic mass is 32.2. The van der Waals surface area contributed by atoms with E-state index in [1.807, 2.05) is 6.92 Å². The Balaban J connectivity index is 2.43. The molecule has 3 N–H and O–H groups in total. The molecule has 0 amide bonds. The standard InChI is InChI=1S/C10H14N4O2S2/c1-2-7(6-11)14-18(15,16)9-5-3-4-8-10(9)13-17-12-8/h3-5,7,14H,2,6,11H2,1H3. The van der Waals surface area contributed by atoms with Gasteiger partial charge in [-0.05, 0) is 18.6 Å². The monoisotopic (exact) mass is 286 g/mol. The van der Waals surface area contributed by atoms with Crippen LogP contribution in [0.15, 0.2) is 23.1 Å². The van der Waals surface area contributed by atoms with Crippen molar-refractivity contribution >= 4 is 32.8 Å². The maximum Gasteiger partial charge on any atom is 0.243 e. The molecule has 98 valence electrons. The summed E-state index contributed by atoms with van der Waals surface area (Å²) in [4.78, 5) is 0.153. The number of sulfonamides is 1. The molecular weight excluding hydrogens is 272 g/mol. The Bertz CT molecular complexity index is 634. The molecule has 0 radical (unpaired) electrons. The van der Waals surface area contributed by atoms with E-state index < -0.39 is 10.0 Å². The third-order valence-electron chi connectivity index (χ3n) is 2.64. The van der Waals surface area contributed by atoms with Crippen LogP contribution in [0.1, 0.15) is 13.3 Å². The maximum atomic E-state index is 12.2. The molecule has 0 aliphatic heterocycles. The molecule has 1 aromatic heterocycles. The van der Waals surface area contributed by atoms with E-state index in [9.17, 15) is 8.42 Å². The fraction of sp³-hybridized carbons (Fsp3) is 0.400. The van der Waals surface area contributed by atoms with E-state index in [2.05, 4.69) is 13.5 Å². The van der Waals surface area contributed by atoms with Crippen molar-refractivity contribution in [1.82, 2.24) is 13.5 Å². The fourth-order valence-electron chi connectivity index (χ4n) is 1.58. The quantitative estimate of drug-likeness (QED) is 0.843. The zero-order valence-electron chi connectivity index (χ0n) is 9.83. The van der Waals surface area contributed by atoms with E-state index in [-0.39, 0.29) is 17.5 Å². The molecule has 8 heteroatoms. The number of hydrogen-bond acceptors (Lipinski definition) is 6. The molecule has 6 nitrogen and oxygen atoms in total. The molecule has 0 spiro atoms. The summed E-state index contributed by atoms with van der Waals surface area (Å²) in [5, 5.41) is 0. The first-order valence-electron chi connectivity index (χ1n) is 5.52. The van der Waals surface area contributed by atoms with Gasteiger partial charge in [-0.25, -0.2) is 13.1 Å². The maximum absolute atomic E-state index is 12.2. The number of rotatable bonds is 5. The zero-order valence-corrected chi connectivity index (χ0v) is 11.5. The van der Waals surface area contributed by atoms with Crippen molar-refractivity contribution in [3.05, 3.63) is 18.2 Å². The van der Waals surface area contributed by atoms with Crippen LogP contribution in [0.5, 0.6) is 0 Å². The Hall–Kier alpha value is -1.09. The van der Waals surface area contributed by atoms with E-state index in [1.165, 1.54) is 6.07 Å². The highest BCUT2D eigenvalue weighted by Crippen LogP contribution is 2.21. The molecule has 0 saturated heterocycles. The molecule has 1 atom stereocenters. The van der Waals surface area contributed by atoms with E-state index in [0.717, 1.165) is 11.7 Å². The Labute approximate surface area is 110 Å². The molecule has 2 rings (SSSR count). The molecule has 1 aromatic carbocycles. The van der Waals surface area contributed by atoms with Gasteiger partial charge in [0.2, 0.25) is 10.0 Å². The summed E-state index contributed by atoms with van der Waals surface area (Å²) in [6.45, 7) is 2.14. The van der Waals surface area contributed by atoms with Crippen LogP contribution in [-0.2, 0) is 10.0 Å². The van der Waals surface area contributed by atoms with Crippen LogP contribution < -0.4 is 10.5 Å². The summed E-state index contributed by atoms with van der Waals surface area (Å²) in [6, 6.07) is 4.64. The second-order valence-electron chi connectivity index (χ2n) is 3.85. The molecule has 18 heavy (non-hydrogen) atoms. The minimum atomic E-state index is -3.61. The minimum absolute atomic E-state index is 0.153. The lowest BCUT2D eigenvalue weighted by molar-refractivity contribution is 0.543. The number of nitrogens with zero attached hydrogens (tertiary/aromatic N) is 2. The number of nitrogens with two attached hydrogens (primary N) is 1. The van der Waals surface area contributed by atoms with Crippen LogP contribution in [-0.4, -0.2) is 29.8 Å². The number of nitrogens with one attached hydrogen (secondary N) is 1. The Kier molecular flexibility index (Phi) is 3.91. The molecule has 2 aromatic rings. The van der Waals surface area contributed by atoms with Crippen molar-refractivity contribution in [3.63, 3.8) is 0 Å². The SMILES string of the molecule is CCC(CN)NS(=O)(=O)c1cccc2nsnc12. The van der Waals surface area contributed by atoms with Gasteiger partial charge in [-0.2, -0.15) is 8.75 Å². The predicted octanol–water partition coefficient (Wildman–Crippen LogP) is 0.707. The van der Waals surface area contributed by atoms with Crippen molar-refractivity contribution in [2.45, 2.75) is 24.3 Å². The van der Waals surface area contributed by atoms with Gasteiger partial charge in [0.05, 0.1) is 11.7 Å². The summed E-state index contributed by atoms with van der Waals surface area (Å²) in [6.07, 6.45) is 0.640. The van der Waals surface area contributed by atoms with Gasteiger partial charge in [0.15, 0.2) is 0 Å². The molecule has 1 heterocycles. The summed E-state index contributed by atoms with van der Waals surface area (Å²) < 4.78 is 35.1. The summed E-state index contributed by atoms with van der Waals surface area (Å²) in [7, 11) is -3.61. The Morgan fingerprint density at radius 2 is 2.22 bits per heavy atom. The lowest BCUT2D eigenvalue weighted by Gasteiger charge is -2.14. The van der Waals surface area contributed by atoms with Crippen LogP contribution in [0.4, 0.5) is 0 Å². The first-order valence-corrected chi connectivity index (χ1v) is 7.73. The average Bonchev–Trinajstić information content (AvgIpc) is 2.83. The van der Waals surface area contributed by atoms with Gasteiger partial charge >= 0.3 is 0 Å². The smallest absolute Gasteiger partial charge is 0.243 e. The van der Waals surface area contributed by atoms with Crippen LogP contribution in [0.25, 0.3) is 11.0 Å².